The highest BCUT2D eigenvalue weighted by atomic mass is 16.1. The third-order valence-electron chi connectivity index (χ3n) is 4.91. The van der Waals surface area contributed by atoms with Crippen molar-refractivity contribution in [3.8, 4) is 11.1 Å². The first-order chi connectivity index (χ1) is 14.1. The zero-order valence-corrected chi connectivity index (χ0v) is 16.8. The molecule has 0 aliphatic rings. The Kier molecular flexibility index (Phi) is 5.08. The van der Waals surface area contributed by atoms with Gasteiger partial charge in [-0.3, -0.25) is 9.78 Å². The van der Waals surface area contributed by atoms with Gasteiger partial charge in [0, 0.05) is 30.7 Å². The molecule has 0 saturated heterocycles. The summed E-state index contributed by atoms with van der Waals surface area (Å²) in [4.78, 5) is 21.6. The Morgan fingerprint density at radius 3 is 2.52 bits per heavy atom. The fraction of sp³-hybridized carbons (Fsp3) is 0.217. The maximum atomic E-state index is 12.9. The van der Waals surface area contributed by atoms with E-state index in [0.29, 0.717) is 12.1 Å². The molecule has 6 heteroatoms. The number of fused-ring (bicyclic) bond motifs is 1. The topological polar surface area (TPSA) is 72.2 Å². The monoisotopic (exact) mass is 385 g/mol. The van der Waals surface area contributed by atoms with Crippen molar-refractivity contribution < 1.29 is 4.79 Å². The highest BCUT2D eigenvalue weighted by Gasteiger charge is 2.22. The van der Waals surface area contributed by atoms with E-state index in [-0.39, 0.29) is 11.8 Å². The molecule has 3 aromatic heterocycles. The molecule has 29 heavy (non-hydrogen) atoms. The minimum atomic E-state index is -0.158. The number of aromatic nitrogens is 4. The van der Waals surface area contributed by atoms with Crippen LogP contribution in [0.1, 0.15) is 47.1 Å². The quantitative estimate of drug-likeness (QED) is 0.560. The zero-order chi connectivity index (χ0) is 20.4. The van der Waals surface area contributed by atoms with Gasteiger partial charge >= 0.3 is 0 Å². The number of pyridine rings is 1. The molecule has 146 valence electrons. The minimum absolute atomic E-state index is 0.102. The molecule has 0 unspecified atom stereocenters. The van der Waals surface area contributed by atoms with Gasteiger partial charge in [0.05, 0.1) is 17.0 Å². The standard InChI is InChI=1S/C23H23N5O/c1-15(2)21-19(23(29)26-13-17-9-11-24-12-10-17)14-25-22-20(16(3)27-28(21)22)18-7-5-4-6-8-18/h4-12,14-15H,13H2,1-3H3,(H,26,29). The summed E-state index contributed by atoms with van der Waals surface area (Å²) in [6.45, 7) is 6.54. The number of rotatable bonds is 5. The van der Waals surface area contributed by atoms with E-state index in [1.807, 2.05) is 41.8 Å². The summed E-state index contributed by atoms with van der Waals surface area (Å²) in [5.41, 5.74) is 6.11. The van der Waals surface area contributed by atoms with E-state index in [0.717, 1.165) is 33.7 Å². The Labute approximate surface area is 169 Å². The molecular formula is C23H23N5O. The highest BCUT2D eigenvalue weighted by molar-refractivity contribution is 5.96. The average Bonchev–Trinajstić information content (AvgIpc) is 3.08. The largest absolute Gasteiger partial charge is 0.348 e. The van der Waals surface area contributed by atoms with Gasteiger partial charge in [-0.15, -0.1) is 0 Å². The average molecular weight is 385 g/mol. The van der Waals surface area contributed by atoms with Crippen LogP contribution >= 0.6 is 0 Å². The Hall–Kier alpha value is -3.54. The highest BCUT2D eigenvalue weighted by Crippen LogP contribution is 2.30. The van der Waals surface area contributed by atoms with Crippen molar-refractivity contribution in [2.45, 2.75) is 33.2 Å². The maximum Gasteiger partial charge on any atom is 0.254 e. The molecule has 1 N–H and O–H groups in total. The van der Waals surface area contributed by atoms with Gasteiger partial charge in [0.2, 0.25) is 0 Å². The lowest BCUT2D eigenvalue weighted by atomic mass is 10.0. The first-order valence-electron chi connectivity index (χ1n) is 9.67. The van der Waals surface area contributed by atoms with Crippen LogP contribution in [-0.2, 0) is 6.54 Å². The molecule has 4 rings (SSSR count). The van der Waals surface area contributed by atoms with Crippen molar-refractivity contribution in [3.63, 3.8) is 0 Å². The summed E-state index contributed by atoms with van der Waals surface area (Å²) in [7, 11) is 0. The smallest absolute Gasteiger partial charge is 0.254 e. The van der Waals surface area contributed by atoms with Gasteiger partial charge in [0.15, 0.2) is 5.65 Å². The van der Waals surface area contributed by atoms with E-state index < -0.39 is 0 Å². The van der Waals surface area contributed by atoms with E-state index >= 15 is 0 Å². The second-order valence-electron chi connectivity index (χ2n) is 7.31. The van der Waals surface area contributed by atoms with Crippen molar-refractivity contribution in [2.24, 2.45) is 0 Å². The van der Waals surface area contributed by atoms with E-state index in [9.17, 15) is 4.79 Å². The van der Waals surface area contributed by atoms with Gasteiger partial charge in [-0.25, -0.2) is 9.50 Å². The number of nitrogens with zero attached hydrogens (tertiary/aromatic N) is 4. The summed E-state index contributed by atoms with van der Waals surface area (Å²) in [5, 5.41) is 7.72. The lowest BCUT2D eigenvalue weighted by Crippen LogP contribution is -2.26. The van der Waals surface area contributed by atoms with Crippen LogP contribution in [0, 0.1) is 6.92 Å². The Balaban J connectivity index is 1.76. The molecule has 0 radical (unpaired) electrons. The van der Waals surface area contributed by atoms with E-state index in [2.05, 4.69) is 41.3 Å². The Morgan fingerprint density at radius 1 is 1.10 bits per heavy atom. The number of nitrogens with one attached hydrogen (secondary N) is 1. The molecule has 0 saturated carbocycles. The van der Waals surface area contributed by atoms with E-state index in [1.165, 1.54) is 0 Å². The number of carbonyl (C=O) groups is 1. The molecule has 6 nitrogen and oxygen atoms in total. The van der Waals surface area contributed by atoms with Crippen molar-refractivity contribution in [2.75, 3.05) is 0 Å². The van der Waals surface area contributed by atoms with Crippen LogP contribution in [0.2, 0.25) is 0 Å². The third kappa shape index (κ3) is 3.61. The van der Waals surface area contributed by atoms with Crippen LogP contribution in [0.25, 0.3) is 16.8 Å². The van der Waals surface area contributed by atoms with Crippen LogP contribution < -0.4 is 5.32 Å². The van der Waals surface area contributed by atoms with Crippen molar-refractivity contribution in [1.82, 2.24) is 24.9 Å². The molecule has 1 aromatic carbocycles. The van der Waals surface area contributed by atoms with Crippen molar-refractivity contribution in [3.05, 3.63) is 83.6 Å². The van der Waals surface area contributed by atoms with E-state index in [1.54, 1.807) is 18.6 Å². The van der Waals surface area contributed by atoms with Crippen LogP contribution in [0.3, 0.4) is 0 Å². The second kappa shape index (κ2) is 7.83. The van der Waals surface area contributed by atoms with Crippen molar-refractivity contribution in [1.29, 1.82) is 0 Å². The maximum absolute atomic E-state index is 12.9. The van der Waals surface area contributed by atoms with Crippen molar-refractivity contribution >= 4 is 11.6 Å². The number of carbonyl (C=O) groups excluding carboxylic acids is 1. The number of aryl methyl sites for hydroxylation is 1. The first kappa shape index (κ1) is 18.8. The number of hydrogen-bond donors (Lipinski definition) is 1. The molecule has 0 aliphatic carbocycles. The lowest BCUT2D eigenvalue weighted by Gasteiger charge is -2.14. The van der Waals surface area contributed by atoms with Gasteiger partial charge in [-0.1, -0.05) is 44.2 Å². The fourth-order valence-corrected chi connectivity index (χ4v) is 3.56. The molecule has 0 fully saturated rings. The molecule has 0 bridgehead atoms. The second-order valence-corrected chi connectivity index (χ2v) is 7.31. The first-order valence-corrected chi connectivity index (χ1v) is 9.67. The fourth-order valence-electron chi connectivity index (χ4n) is 3.56. The van der Waals surface area contributed by atoms with Crippen LogP contribution in [-0.4, -0.2) is 25.5 Å². The SMILES string of the molecule is Cc1nn2c(C(C)C)c(C(=O)NCc3ccncc3)cnc2c1-c1ccccc1. The van der Waals surface area contributed by atoms with Gasteiger partial charge in [-0.05, 0) is 36.1 Å². The summed E-state index contributed by atoms with van der Waals surface area (Å²) in [5.74, 6) is -0.0561. The molecule has 0 aliphatic heterocycles. The predicted octanol–water partition coefficient (Wildman–Crippen LogP) is 4.15. The normalized spacial score (nSPS) is 11.2. The minimum Gasteiger partial charge on any atom is -0.348 e. The molecule has 4 aromatic rings. The van der Waals surface area contributed by atoms with E-state index in [4.69, 9.17) is 5.10 Å². The Bertz CT molecular complexity index is 1150. The van der Waals surface area contributed by atoms with Gasteiger partial charge < -0.3 is 5.32 Å². The number of hydrogen-bond acceptors (Lipinski definition) is 4. The van der Waals surface area contributed by atoms with Gasteiger partial charge in [-0.2, -0.15) is 5.10 Å². The van der Waals surface area contributed by atoms with Crippen LogP contribution in [0.15, 0.2) is 61.1 Å². The van der Waals surface area contributed by atoms with Gasteiger partial charge in [0.1, 0.15) is 0 Å². The zero-order valence-electron chi connectivity index (χ0n) is 16.8. The summed E-state index contributed by atoms with van der Waals surface area (Å²) in [6.07, 6.45) is 5.10. The molecule has 0 spiro atoms. The van der Waals surface area contributed by atoms with Crippen LogP contribution in [0.5, 0.6) is 0 Å². The molecule has 3 heterocycles. The van der Waals surface area contributed by atoms with Crippen LogP contribution in [0.4, 0.5) is 0 Å². The Morgan fingerprint density at radius 2 is 1.83 bits per heavy atom. The predicted molar refractivity (Wildman–Crippen MR) is 113 cm³/mol. The number of benzene rings is 1. The summed E-state index contributed by atoms with van der Waals surface area (Å²) in [6, 6.07) is 13.9. The third-order valence-corrected chi connectivity index (χ3v) is 4.91. The lowest BCUT2D eigenvalue weighted by molar-refractivity contribution is 0.0948. The van der Waals surface area contributed by atoms with Gasteiger partial charge in [0.25, 0.3) is 5.91 Å². The summed E-state index contributed by atoms with van der Waals surface area (Å²) < 4.78 is 1.82. The summed E-state index contributed by atoms with van der Waals surface area (Å²) >= 11 is 0. The molecule has 0 atom stereocenters. The molecular weight excluding hydrogens is 362 g/mol. The number of amides is 1. The molecule has 1 amide bonds.